The van der Waals surface area contributed by atoms with Gasteiger partial charge < -0.3 is 15.2 Å². The normalized spacial score (nSPS) is 11.6. The van der Waals surface area contributed by atoms with Crippen LogP contribution < -0.4 is 5.32 Å². The van der Waals surface area contributed by atoms with Crippen molar-refractivity contribution >= 4 is 23.4 Å². The molecule has 0 saturated carbocycles. The van der Waals surface area contributed by atoms with Crippen molar-refractivity contribution in [3.8, 4) is 6.07 Å². The van der Waals surface area contributed by atoms with Crippen LogP contribution in [-0.2, 0) is 9.53 Å². The van der Waals surface area contributed by atoms with Gasteiger partial charge >= 0.3 is 5.97 Å². The Labute approximate surface area is 103 Å². The number of rotatable bonds is 5. The number of nitriles is 1. The number of hydrogen-bond acceptors (Lipinski definition) is 5. The minimum Gasteiger partial charge on any atom is -0.479 e. The standard InChI is InChI=1S/C10H10ClN3O3/c1-17-7(10(15)16)5-14-9-8(11)6(4-12)2-3-13-9/h2-3,7H,5H2,1H3,(H,13,14)(H,15,16). The quantitative estimate of drug-likeness (QED) is 0.819. The summed E-state index contributed by atoms with van der Waals surface area (Å²) in [7, 11) is 1.29. The average Bonchev–Trinajstić information content (AvgIpc) is 2.31. The molecule has 1 aromatic rings. The van der Waals surface area contributed by atoms with E-state index in [0.717, 1.165) is 0 Å². The first-order chi connectivity index (χ1) is 8.10. The second-order valence-corrected chi connectivity index (χ2v) is 3.45. The predicted molar refractivity (Wildman–Crippen MR) is 60.9 cm³/mol. The number of methoxy groups -OCH3 is 1. The summed E-state index contributed by atoms with van der Waals surface area (Å²) < 4.78 is 4.73. The van der Waals surface area contributed by atoms with Gasteiger partial charge in [0.2, 0.25) is 0 Å². The van der Waals surface area contributed by atoms with E-state index in [9.17, 15) is 4.79 Å². The molecule has 17 heavy (non-hydrogen) atoms. The van der Waals surface area contributed by atoms with Gasteiger partial charge in [0.1, 0.15) is 16.9 Å². The number of aliphatic carboxylic acids is 1. The molecular formula is C10H10ClN3O3. The number of halogens is 1. The van der Waals surface area contributed by atoms with Gasteiger partial charge in [-0.3, -0.25) is 0 Å². The fourth-order valence-electron chi connectivity index (χ4n) is 1.11. The van der Waals surface area contributed by atoms with E-state index in [1.807, 2.05) is 6.07 Å². The molecule has 1 unspecified atom stereocenters. The highest BCUT2D eigenvalue weighted by molar-refractivity contribution is 6.34. The van der Waals surface area contributed by atoms with Crippen LogP contribution >= 0.6 is 11.6 Å². The molecule has 0 spiro atoms. The second-order valence-electron chi connectivity index (χ2n) is 3.08. The van der Waals surface area contributed by atoms with Crippen LogP contribution in [0.5, 0.6) is 0 Å². The summed E-state index contributed by atoms with van der Waals surface area (Å²) in [6.07, 6.45) is 0.411. The molecule has 0 amide bonds. The van der Waals surface area contributed by atoms with Crippen molar-refractivity contribution in [1.82, 2.24) is 4.98 Å². The van der Waals surface area contributed by atoms with E-state index in [-0.39, 0.29) is 22.9 Å². The van der Waals surface area contributed by atoms with Crippen LogP contribution in [0.4, 0.5) is 5.82 Å². The lowest BCUT2D eigenvalue weighted by Crippen LogP contribution is -2.30. The van der Waals surface area contributed by atoms with Crippen molar-refractivity contribution in [2.75, 3.05) is 19.0 Å². The minimum absolute atomic E-state index is 0.00738. The molecule has 7 heteroatoms. The molecule has 0 aromatic carbocycles. The molecule has 6 nitrogen and oxygen atoms in total. The van der Waals surface area contributed by atoms with E-state index in [1.54, 1.807) is 0 Å². The number of carbonyl (C=O) groups is 1. The third kappa shape index (κ3) is 3.31. The topological polar surface area (TPSA) is 95.2 Å². The second kappa shape index (κ2) is 6.03. The highest BCUT2D eigenvalue weighted by atomic mass is 35.5. The van der Waals surface area contributed by atoms with Crippen molar-refractivity contribution in [2.45, 2.75) is 6.10 Å². The lowest BCUT2D eigenvalue weighted by molar-refractivity contribution is -0.147. The third-order valence-electron chi connectivity index (χ3n) is 2.02. The molecule has 1 rings (SSSR count). The van der Waals surface area contributed by atoms with Crippen molar-refractivity contribution in [3.05, 3.63) is 22.8 Å². The van der Waals surface area contributed by atoms with Crippen LogP contribution in [0.15, 0.2) is 12.3 Å². The van der Waals surface area contributed by atoms with Crippen molar-refractivity contribution in [2.24, 2.45) is 0 Å². The molecule has 0 fully saturated rings. The number of ether oxygens (including phenoxy) is 1. The van der Waals surface area contributed by atoms with E-state index in [0.29, 0.717) is 0 Å². The smallest absolute Gasteiger partial charge is 0.334 e. The van der Waals surface area contributed by atoms with Gasteiger partial charge in [0, 0.05) is 13.3 Å². The summed E-state index contributed by atoms with van der Waals surface area (Å²) in [4.78, 5) is 14.6. The van der Waals surface area contributed by atoms with E-state index in [1.165, 1.54) is 19.4 Å². The summed E-state index contributed by atoms with van der Waals surface area (Å²) in [6.45, 7) is 0.00738. The molecule has 0 saturated heterocycles. The molecule has 1 aromatic heterocycles. The Morgan fingerprint density at radius 2 is 2.53 bits per heavy atom. The maximum absolute atomic E-state index is 10.7. The number of carboxylic acid groups (broad SMARTS) is 1. The third-order valence-corrected chi connectivity index (χ3v) is 2.41. The lowest BCUT2D eigenvalue weighted by atomic mass is 10.3. The SMILES string of the molecule is COC(CNc1nccc(C#N)c1Cl)C(=O)O. The summed E-state index contributed by atoms with van der Waals surface area (Å²) in [6, 6.07) is 3.37. The molecule has 0 aliphatic heterocycles. The first-order valence-corrected chi connectivity index (χ1v) is 5.02. The average molecular weight is 256 g/mol. The first-order valence-electron chi connectivity index (χ1n) is 4.64. The summed E-state index contributed by atoms with van der Waals surface area (Å²) in [5, 5.41) is 20.4. The van der Waals surface area contributed by atoms with Crippen LogP contribution in [0, 0.1) is 11.3 Å². The number of pyridine rings is 1. The number of nitrogens with zero attached hydrogens (tertiary/aromatic N) is 2. The Balaban J connectivity index is 2.76. The van der Waals surface area contributed by atoms with Crippen molar-refractivity contribution < 1.29 is 14.6 Å². The fraction of sp³-hybridized carbons (Fsp3) is 0.300. The van der Waals surface area contributed by atoms with E-state index >= 15 is 0 Å². The van der Waals surface area contributed by atoms with Crippen LogP contribution in [-0.4, -0.2) is 35.8 Å². The van der Waals surface area contributed by atoms with Gasteiger partial charge in [-0.1, -0.05) is 11.6 Å². The monoisotopic (exact) mass is 255 g/mol. The Hall–Kier alpha value is -1.84. The Kier molecular flexibility index (Phi) is 4.69. The molecule has 90 valence electrons. The van der Waals surface area contributed by atoms with Crippen LogP contribution in [0.25, 0.3) is 0 Å². The van der Waals surface area contributed by atoms with Gasteiger partial charge in [0.25, 0.3) is 0 Å². The van der Waals surface area contributed by atoms with Crippen molar-refractivity contribution in [1.29, 1.82) is 5.26 Å². The molecule has 0 aliphatic rings. The number of hydrogen-bond donors (Lipinski definition) is 2. The molecule has 0 radical (unpaired) electrons. The van der Waals surface area contributed by atoms with Gasteiger partial charge in [-0.25, -0.2) is 9.78 Å². The zero-order chi connectivity index (χ0) is 12.8. The summed E-state index contributed by atoms with van der Waals surface area (Å²) in [5.41, 5.74) is 0.272. The first kappa shape index (κ1) is 13.2. The highest BCUT2D eigenvalue weighted by Crippen LogP contribution is 2.22. The van der Waals surface area contributed by atoms with Crippen LogP contribution in [0.1, 0.15) is 5.56 Å². The Morgan fingerprint density at radius 3 is 3.06 bits per heavy atom. The number of nitrogens with one attached hydrogen (secondary N) is 1. The molecule has 2 N–H and O–H groups in total. The zero-order valence-corrected chi connectivity index (χ0v) is 9.73. The summed E-state index contributed by atoms with van der Waals surface area (Å²) >= 11 is 5.88. The maximum atomic E-state index is 10.7. The van der Waals surface area contributed by atoms with E-state index in [4.69, 9.17) is 26.7 Å². The van der Waals surface area contributed by atoms with Crippen molar-refractivity contribution in [3.63, 3.8) is 0 Å². The molecule has 0 aliphatic carbocycles. The van der Waals surface area contributed by atoms with Gasteiger partial charge in [-0.15, -0.1) is 0 Å². The number of anilines is 1. The van der Waals surface area contributed by atoms with Crippen LogP contribution in [0.3, 0.4) is 0 Å². The van der Waals surface area contributed by atoms with Gasteiger partial charge in [-0.05, 0) is 6.07 Å². The molecule has 1 atom stereocenters. The van der Waals surface area contributed by atoms with Gasteiger partial charge in [0.15, 0.2) is 6.10 Å². The Morgan fingerprint density at radius 1 is 1.82 bits per heavy atom. The predicted octanol–water partition coefficient (Wildman–Crippen LogP) is 1.12. The number of carboxylic acids is 1. The minimum atomic E-state index is -1.09. The van der Waals surface area contributed by atoms with Gasteiger partial charge in [0.05, 0.1) is 12.1 Å². The number of aromatic nitrogens is 1. The Bertz CT molecular complexity index is 459. The molecular weight excluding hydrogens is 246 g/mol. The fourth-order valence-corrected chi connectivity index (χ4v) is 1.34. The van der Waals surface area contributed by atoms with E-state index < -0.39 is 12.1 Å². The highest BCUT2D eigenvalue weighted by Gasteiger charge is 2.17. The maximum Gasteiger partial charge on any atom is 0.334 e. The molecule has 1 heterocycles. The van der Waals surface area contributed by atoms with Crippen LogP contribution in [0.2, 0.25) is 5.02 Å². The lowest BCUT2D eigenvalue weighted by Gasteiger charge is -2.12. The zero-order valence-electron chi connectivity index (χ0n) is 8.98. The largest absolute Gasteiger partial charge is 0.479 e. The van der Waals surface area contributed by atoms with Gasteiger partial charge in [-0.2, -0.15) is 5.26 Å². The van der Waals surface area contributed by atoms with E-state index in [2.05, 4.69) is 10.3 Å². The summed E-state index contributed by atoms with van der Waals surface area (Å²) in [5.74, 6) is -0.832. The molecule has 0 bridgehead atoms.